The van der Waals surface area contributed by atoms with Crippen LogP contribution in [0.5, 0.6) is 0 Å². The fourth-order valence-electron chi connectivity index (χ4n) is 1.84. The number of hydrogen-bond acceptors (Lipinski definition) is 4. The largest absolute Gasteiger partial charge is 0.481 e. The third-order valence-corrected chi connectivity index (χ3v) is 4.78. The Hall–Kier alpha value is -1.56. The average Bonchev–Trinajstić information content (AvgIpc) is 2.39. The molecule has 1 atom stereocenters. The molecule has 0 aromatic heterocycles. The average molecular weight is 299 g/mol. The summed E-state index contributed by atoms with van der Waals surface area (Å²) in [5.74, 6) is -0.697. The van der Waals surface area contributed by atoms with E-state index in [1.54, 1.807) is 31.2 Å². The first kappa shape index (κ1) is 16.5. The monoisotopic (exact) mass is 299 g/mol. The Balaban J connectivity index is 2.55. The summed E-state index contributed by atoms with van der Waals surface area (Å²) in [6.45, 7) is 3.59. The van der Waals surface area contributed by atoms with Crippen molar-refractivity contribution in [2.45, 2.75) is 44.0 Å². The van der Waals surface area contributed by atoms with Gasteiger partial charge in [-0.2, -0.15) is 0 Å². The van der Waals surface area contributed by atoms with Gasteiger partial charge in [0.1, 0.15) is 0 Å². The van der Waals surface area contributed by atoms with Crippen molar-refractivity contribution in [3.05, 3.63) is 24.3 Å². The number of carbonyl (C=O) groups is 1. The van der Waals surface area contributed by atoms with Crippen LogP contribution in [-0.2, 0) is 14.6 Å². The van der Waals surface area contributed by atoms with Gasteiger partial charge in [-0.15, -0.1) is 0 Å². The standard InChI is InChI=1S/C14H21NO4S/c1-3-20(18,19)13-9-7-12(8-10-13)15-11(2)5-4-6-14(16)17/h7-11,15H,3-6H2,1-2H3,(H,16,17). The van der Waals surface area contributed by atoms with Crippen molar-refractivity contribution in [3.8, 4) is 0 Å². The summed E-state index contributed by atoms with van der Waals surface area (Å²) >= 11 is 0. The van der Waals surface area contributed by atoms with Crippen LogP contribution in [0.4, 0.5) is 5.69 Å². The molecule has 0 aliphatic heterocycles. The van der Waals surface area contributed by atoms with Crippen LogP contribution in [-0.4, -0.2) is 31.3 Å². The Kier molecular flexibility index (Phi) is 6.01. The molecule has 0 spiro atoms. The molecule has 0 amide bonds. The summed E-state index contributed by atoms with van der Waals surface area (Å²) in [6, 6.07) is 6.78. The summed E-state index contributed by atoms with van der Waals surface area (Å²) in [5, 5.41) is 11.8. The highest BCUT2D eigenvalue weighted by Gasteiger charge is 2.11. The Morgan fingerprint density at radius 2 is 1.90 bits per heavy atom. The van der Waals surface area contributed by atoms with Crippen LogP contribution in [0.1, 0.15) is 33.1 Å². The molecule has 0 aliphatic rings. The Morgan fingerprint density at radius 3 is 2.40 bits per heavy atom. The summed E-state index contributed by atoms with van der Waals surface area (Å²) in [7, 11) is -3.16. The number of carboxylic acid groups (broad SMARTS) is 1. The maximum atomic E-state index is 11.7. The van der Waals surface area contributed by atoms with Crippen LogP contribution in [0, 0.1) is 0 Å². The van der Waals surface area contributed by atoms with Gasteiger partial charge in [0.05, 0.1) is 10.6 Å². The van der Waals surface area contributed by atoms with Gasteiger partial charge in [-0.3, -0.25) is 4.79 Å². The van der Waals surface area contributed by atoms with Crippen molar-refractivity contribution < 1.29 is 18.3 Å². The molecule has 6 heteroatoms. The molecule has 5 nitrogen and oxygen atoms in total. The summed E-state index contributed by atoms with van der Waals surface area (Å²) < 4.78 is 23.3. The number of benzene rings is 1. The number of rotatable bonds is 8. The molecule has 0 bridgehead atoms. The van der Waals surface area contributed by atoms with E-state index in [0.717, 1.165) is 12.1 Å². The molecule has 0 radical (unpaired) electrons. The van der Waals surface area contributed by atoms with Crippen LogP contribution in [0.3, 0.4) is 0 Å². The number of sulfone groups is 1. The van der Waals surface area contributed by atoms with E-state index in [1.165, 1.54) is 0 Å². The van der Waals surface area contributed by atoms with Crippen molar-refractivity contribution in [2.75, 3.05) is 11.1 Å². The molecule has 20 heavy (non-hydrogen) atoms. The molecule has 0 fully saturated rings. The molecule has 112 valence electrons. The van der Waals surface area contributed by atoms with Crippen molar-refractivity contribution >= 4 is 21.5 Å². The van der Waals surface area contributed by atoms with Crippen molar-refractivity contribution in [3.63, 3.8) is 0 Å². The van der Waals surface area contributed by atoms with Gasteiger partial charge in [-0.1, -0.05) is 6.92 Å². The van der Waals surface area contributed by atoms with Crippen LogP contribution < -0.4 is 5.32 Å². The molecule has 1 unspecified atom stereocenters. The second-order valence-corrected chi connectivity index (χ2v) is 7.04. The van der Waals surface area contributed by atoms with Gasteiger partial charge >= 0.3 is 5.97 Å². The van der Waals surface area contributed by atoms with Crippen molar-refractivity contribution in [1.82, 2.24) is 0 Å². The predicted octanol–water partition coefficient (Wildman–Crippen LogP) is 2.54. The highest BCUT2D eigenvalue weighted by Crippen LogP contribution is 2.17. The summed E-state index contributed by atoms with van der Waals surface area (Å²) in [4.78, 5) is 10.7. The second kappa shape index (κ2) is 7.28. The maximum Gasteiger partial charge on any atom is 0.303 e. The first-order chi connectivity index (χ1) is 9.35. The van der Waals surface area contributed by atoms with Gasteiger partial charge in [-0.05, 0) is 44.0 Å². The Morgan fingerprint density at radius 1 is 1.30 bits per heavy atom. The predicted molar refractivity (Wildman–Crippen MR) is 78.7 cm³/mol. The summed E-state index contributed by atoms with van der Waals surface area (Å²) in [6.07, 6.45) is 1.53. The van der Waals surface area contributed by atoms with Gasteiger partial charge in [0.25, 0.3) is 0 Å². The van der Waals surface area contributed by atoms with Crippen LogP contribution in [0.25, 0.3) is 0 Å². The van der Waals surface area contributed by atoms with E-state index in [-0.39, 0.29) is 18.2 Å². The minimum atomic E-state index is -3.16. The van der Waals surface area contributed by atoms with E-state index in [2.05, 4.69) is 5.32 Å². The molecular weight excluding hydrogens is 278 g/mol. The molecule has 2 N–H and O–H groups in total. The molecule has 0 heterocycles. The SMILES string of the molecule is CCS(=O)(=O)c1ccc(NC(C)CCCC(=O)O)cc1. The van der Waals surface area contributed by atoms with E-state index >= 15 is 0 Å². The third-order valence-electron chi connectivity index (χ3n) is 3.03. The smallest absolute Gasteiger partial charge is 0.303 e. The lowest BCUT2D eigenvalue weighted by molar-refractivity contribution is -0.137. The molecule has 0 saturated carbocycles. The fraction of sp³-hybridized carbons (Fsp3) is 0.500. The van der Waals surface area contributed by atoms with Crippen molar-refractivity contribution in [1.29, 1.82) is 0 Å². The molecular formula is C14H21NO4S. The van der Waals surface area contributed by atoms with Gasteiger partial charge in [0, 0.05) is 18.2 Å². The number of anilines is 1. The zero-order chi connectivity index (χ0) is 15.2. The van der Waals surface area contributed by atoms with Crippen LogP contribution in [0.2, 0.25) is 0 Å². The zero-order valence-electron chi connectivity index (χ0n) is 11.8. The molecule has 1 aromatic carbocycles. The van der Waals surface area contributed by atoms with E-state index in [9.17, 15) is 13.2 Å². The highest BCUT2D eigenvalue weighted by molar-refractivity contribution is 7.91. The van der Waals surface area contributed by atoms with Gasteiger partial charge in [0.15, 0.2) is 9.84 Å². The normalized spacial score (nSPS) is 12.9. The molecule has 0 saturated heterocycles. The quantitative estimate of drug-likeness (QED) is 0.770. The number of hydrogen-bond donors (Lipinski definition) is 2. The Labute approximate surface area is 119 Å². The molecule has 1 rings (SSSR count). The minimum Gasteiger partial charge on any atom is -0.481 e. The van der Waals surface area contributed by atoms with Gasteiger partial charge < -0.3 is 10.4 Å². The van der Waals surface area contributed by atoms with E-state index in [1.807, 2.05) is 6.92 Å². The van der Waals surface area contributed by atoms with E-state index in [0.29, 0.717) is 11.3 Å². The lowest BCUT2D eigenvalue weighted by atomic mass is 10.1. The Bertz CT molecular complexity index is 537. The first-order valence-corrected chi connectivity index (χ1v) is 8.31. The third kappa shape index (κ3) is 5.21. The maximum absolute atomic E-state index is 11.7. The molecule has 0 aliphatic carbocycles. The van der Waals surface area contributed by atoms with Crippen LogP contribution in [0.15, 0.2) is 29.2 Å². The number of carboxylic acids is 1. The number of nitrogens with one attached hydrogen (secondary N) is 1. The van der Waals surface area contributed by atoms with Crippen LogP contribution >= 0.6 is 0 Å². The second-order valence-electron chi connectivity index (χ2n) is 4.76. The molecule has 1 aromatic rings. The van der Waals surface area contributed by atoms with E-state index < -0.39 is 15.8 Å². The van der Waals surface area contributed by atoms with Gasteiger partial charge in [-0.25, -0.2) is 8.42 Å². The van der Waals surface area contributed by atoms with E-state index in [4.69, 9.17) is 5.11 Å². The fourth-order valence-corrected chi connectivity index (χ4v) is 2.73. The first-order valence-electron chi connectivity index (χ1n) is 6.66. The topological polar surface area (TPSA) is 83.5 Å². The summed E-state index contributed by atoms with van der Waals surface area (Å²) in [5.41, 5.74) is 0.836. The zero-order valence-corrected chi connectivity index (χ0v) is 12.6. The highest BCUT2D eigenvalue weighted by atomic mass is 32.2. The minimum absolute atomic E-state index is 0.0887. The number of aliphatic carboxylic acids is 1. The van der Waals surface area contributed by atoms with Crippen molar-refractivity contribution in [2.24, 2.45) is 0 Å². The lowest BCUT2D eigenvalue weighted by Gasteiger charge is -2.15. The lowest BCUT2D eigenvalue weighted by Crippen LogP contribution is -2.15. The van der Waals surface area contributed by atoms with Gasteiger partial charge in [0.2, 0.25) is 0 Å².